The van der Waals surface area contributed by atoms with Crippen molar-refractivity contribution in [3.05, 3.63) is 70.9 Å². The molecular weight excluding hydrogens is 254 g/mol. The van der Waals surface area contributed by atoms with Crippen LogP contribution in [0.1, 0.15) is 17.0 Å². The summed E-state index contributed by atoms with van der Waals surface area (Å²) in [5.74, 6) is 0.644. The normalized spacial score (nSPS) is 17.2. The van der Waals surface area contributed by atoms with Gasteiger partial charge in [-0.1, -0.05) is 41.9 Å². The van der Waals surface area contributed by atoms with Crippen molar-refractivity contribution in [2.45, 2.75) is 18.9 Å². The first kappa shape index (κ1) is 11.1. The van der Waals surface area contributed by atoms with Gasteiger partial charge in [-0.2, -0.15) is 0 Å². The molecule has 0 bridgehead atoms. The molecule has 0 radical (unpaired) electrons. The van der Waals surface area contributed by atoms with Crippen LogP contribution in [0.4, 0.5) is 0 Å². The van der Waals surface area contributed by atoms with Crippen molar-refractivity contribution < 1.29 is 0 Å². The van der Waals surface area contributed by atoms with Gasteiger partial charge in [0.2, 0.25) is 0 Å². The van der Waals surface area contributed by atoms with Crippen molar-refractivity contribution in [2.75, 3.05) is 0 Å². The number of fused-ring (bicyclic) bond motifs is 2. The topological polar surface area (TPSA) is 4.93 Å². The van der Waals surface area contributed by atoms with Crippen LogP contribution in [0.25, 0.3) is 10.9 Å². The Morgan fingerprint density at radius 1 is 1.11 bits per heavy atom. The maximum atomic E-state index is 6.10. The van der Waals surface area contributed by atoms with Crippen molar-refractivity contribution >= 4 is 22.5 Å². The van der Waals surface area contributed by atoms with E-state index in [0.29, 0.717) is 5.92 Å². The number of nitrogens with zero attached hydrogens (tertiary/aromatic N) is 1. The van der Waals surface area contributed by atoms with Gasteiger partial charge in [-0.15, -0.1) is 0 Å². The van der Waals surface area contributed by atoms with E-state index in [1.807, 2.05) is 6.07 Å². The van der Waals surface area contributed by atoms with Crippen molar-refractivity contribution in [2.24, 2.45) is 0 Å². The average Bonchev–Trinajstić information content (AvgIpc) is 2.78. The van der Waals surface area contributed by atoms with Crippen LogP contribution >= 0.6 is 11.6 Å². The van der Waals surface area contributed by atoms with E-state index in [1.165, 1.54) is 28.5 Å². The third-order valence-electron chi connectivity index (χ3n) is 4.11. The van der Waals surface area contributed by atoms with Crippen molar-refractivity contribution in [3.63, 3.8) is 0 Å². The maximum absolute atomic E-state index is 6.10. The van der Waals surface area contributed by atoms with Gasteiger partial charge in [-0.25, -0.2) is 0 Å². The highest BCUT2D eigenvalue weighted by atomic mass is 35.5. The molecule has 0 spiro atoms. The number of rotatable bonds is 2. The summed E-state index contributed by atoms with van der Waals surface area (Å²) in [6.07, 6.45) is 3.36. The molecule has 1 heterocycles. The zero-order valence-electron chi connectivity index (χ0n) is 10.5. The zero-order valence-corrected chi connectivity index (χ0v) is 11.3. The number of aromatic nitrogens is 1. The van der Waals surface area contributed by atoms with Crippen molar-refractivity contribution in [1.29, 1.82) is 0 Å². The summed E-state index contributed by atoms with van der Waals surface area (Å²) in [6, 6.07) is 17.0. The van der Waals surface area contributed by atoms with Crippen LogP contribution in [-0.2, 0) is 13.0 Å². The summed E-state index contributed by atoms with van der Waals surface area (Å²) in [6.45, 7) is 1.04. The molecule has 0 N–H and O–H groups in total. The SMILES string of the molecule is Clc1ccc2ccn(CC3Cc4ccccc43)c2c1. The second-order valence-corrected chi connectivity index (χ2v) is 5.71. The Hall–Kier alpha value is -1.73. The maximum Gasteiger partial charge on any atom is 0.0495 e. The molecular formula is C17H14ClN. The Morgan fingerprint density at radius 3 is 2.89 bits per heavy atom. The van der Waals surface area contributed by atoms with Gasteiger partial charge in [-0.3, -0.25) is 0 Å². The van der Waals surface area contributed by atoms with Crippen LogP contribution in [0.15, 0.2) is 54.7 Å². The molecule has 4 rings (SSSR count). The molecule has 2 aromatic carbocycles. The minimum Gasteiger partial charge on any atom is -0.347 e. The molecule has 1 aromatic heterocycles. The second kappa shape index (κ2) is 4.14. The Labute approximate surface area is 117 Å². The fraction of sp³-hybridized carbons (Fsp3) is 0.176. The van der Waals surface area contributed by atoms with E-state index in [4.69, 9.17) is 11.6 Å². The summed E-state index contributed by atoms with van der Waals surface area (Å²) in [5.41, 5.74) is 4.24. The first-order valence-corrected chi connectivity index (χ1v) is 7.01. The third kappa shape index (κ3) is 1.77. The molecule has 1 atom stereocenters. The first-order valence-electron chi connectivity index (χ1n) is 6.63. The number of hydrogen-bond donors (Lipinski definition) is 0. The number of halogens is 1. The molecule has 1 aliphatic rings. The fourth-order valence-electron chi connectivity index (χ4n) is 3.08. The van der Waals surface area contributed by atoms with E-state index >= 15 is 0 Å². The quantitative estimate of drug-likeness (QED) is 0.638. The van der Waals surface area contributed by atoms with Gasteiger partial charge in [0.15, 0.2) is 0 Å². The van der Waals surface area contributed by atoms with E-state index in [9.17, 15) is 0 Å². The predicted octanol–water partition coefficient (Wildman–Crippen LogP) is 4.63. The van der Waals surface area contributed by atoms with E-state index in [1.54, 1.807) is 0 Å². The molecule has 0 amide bonds. The van der Waals surface area contributed by atoms with Gasteiger partial charge in [0.25, 0.3) is 0 Å². The van der Waals surface area contributed by atoms with Crippen molar-refractivity contribution in [3.8, 4) is 0 Å². The Kier molecular flexibility index (Phi) is 2.42. The van der Waals surface area contributed by atoms with Crippen LogP contribution in [-0.4, -0.2) is 4.57 Å². The van der Waals surface area contributed by atoms with E-state index in [-0.39, 0.29) is 0 Å². The minimum atomic E-state index is 0.644. The lowest BCUT2D eigenvalue weighted by molar-refractivity contribution is 0.519. The summed E-state index contributed by atoms with van der Waals surface area (Å²) in [7, 11) is 0. The Morgan fingerprint density at radius 2 is 2.00 bits per heavy atom. The molecule has 0 saturated carbocycles. The Balaban J connectivity index is 1.68. The minimum absolute atomic E-state index is 0.644. The second-order valence-electron chi connectivity index (χ2n) is 5.27. The molecule has 0 fully saturated rings. The third-order valence-corrected chi connectivity index (χ3v) is 4.35. The molecule has 94 valence electrons. The van der Waals surface area contributed by atoms with Crippen LogP contribution < -0.4 is 0 Å². The van der Waals surface area contributed by atoms with Gasteiger partial charge in [0, 0.05) is 29.2 Å². The van der Waals surface area contributed by atoms with Crippen LogP contribution in [0.2, 0.25) is 5.02 Å². The lowest BCUT2D eigenvalue weighted by Gasteiger charge is -2.30. The molecule has 1 aliphatic carbocycles. The summed E-state index contributed by atoms with van der Waals surface area (Å²) >= 11 is 6.10. The highest BCUT2D eigenvalue weighted by Gasteiger charge is 2.25. The molecule has 0 aliphatic heterocycles. The van der Waals surface area contributed by atoms with E-state index in [2.05, 4.69) is 53.2 Å². The van der Waals surface area contributed by atoms with Crippen LogP contribution in [0, 0.1) is 0 Å². The van der Waals surface area contributed by atoms with E-state index in [0.717, 1.165) is 11.6 Å². The molecule has 0 saturated heterocycles. The number of hydrogen-bond acceptors (Lipinski definition) is 0. The predicted molar refractivity (Wildman–Crippen MR) is 79.8 cm³/mol. The van der Waals surface area contributed by atoms with Gasteiger partial charge >= 0.3 is 0 Å². The highest BCUT2D eigenvalue weighted by Crippen LogP contribution is 2.36. The lowest BCUT2D eigenvalue weighted by Crippen LogP contribution is -2.21. The van der Waals surface area contributed by atoms with E-state index < -0.39 is 0 Å². The Bertz CT molecular complexity index is 757. The first-order chi connectivity index (χ1) is 9.31. The molecule has 19 heavy (non-hydrogen) atoms. The van der Waals surface area contributed by atoms with Gasteiger partial charge in [-0.05, 0) is 41.1 Å². The largest absolute Gasteiger partial charge is 0.347 e. The smallest absolute Gasteiger partial charge is 0.0495 e. The fourth-order valence-corrected chi connectivity index (χ4v) is 3.25. The molecule has 2 heteroatoms. The van der Waals surface area contributed by atoms with Gasteiger partial charge in [0.05, 0.1) is 0 Å². The highest BCUT2D eigenvalue weighted by molar-refractivity contribution is 6.31. The number of benzene rings is 2. The van der Waals surface area contributed by atoms with Crippen LogP contribution in [0.5, 0.6) is 0 Å². The van der Waals surface area contributed by atoms with Crippen molar-refractivity contribution in [1.82, 2.24) is 4.57 Å². The summed E-state index contributed by atoms with van der Waals surface area (Å²) < 4.78 is 2.32. The molecule has 1 nitrogen and oxygen atoms in total. The monoisotopic (exact) mass is 267 g/mol. The summed E-state index contributed by atoms with van der Waals surface area (Å²) in [5, 5.41) is 2.07. The average molecular weight is 268 g/mol. The van der Waals surface area contributed by atoms with Gasteiger partial charge < -0.3 is 4.57 Å². The zero-order chi connectivity index (χ0) is 12.8. The lowest BCUT2D eigenvalue weighted by atomic mass is 9.77. The summed E-state index contributed by atoms with van der Waals surface area (Å²) in [4.78, 5) is 0. The molecule has 1 unspecified atom stereocenters. The standard InChI is InChI=1S/C17H14ClN/c18-15-6-5-12-7-8-19(17(12)10-15)11-14-9-13-3-1-2-4-16(13)14/h1-8,10,14H,9,11H2. The van der Waals surface area contributed by atoms with Gasteiger partial charge in [0.1, 0.15) is 0 Å². The molecule has 3 aromatic rings. The van der Waals surface area contributed by atoms with Crippen LogP contribution in [0.3, 0.4) is 0 Å².